The number of ether oxygens (including phenoxy) is 1. The molecule has 1 aliphatic heterocycles. The van der Waals surface area contributed by atoms with E-state index in [0.717, 1.165) is 19.6 Å². The summed E-state index contributed by atoms with van der Waals surface area (Å²) in [6.07, 6.45) is 1.04. The van der Waals surface area contributed by atoms with E-state index in [1.165, 1.54) is 0 Å². The van der Waals surface area contributed by atoms with Gasteiger partial charge in [-0.3, -0.25) is 0 Å². The summed E-state index contributed by atoms with van der Waals surface area (Å²) >= 11 is 0. The Labute approximate surface area is 74.1 Å². The number of aliphatic hydroxyl groups excluding tert-OH is 1. The molecule has 0 aromatic heterocycles. The molecular formula is C9H19NO2. The summed E-state index contributed by atoms with van der Waals surface area (Å²) in [6.45, 7) is 6.75. The van der Waals surface area contributed by atoms with Gasteiger partial charge >= 0.3 is 0 Å². The van der Waals surface area contributed by atoms with Crippen molar-refractivity contribution in [1.82, 2.24) is 5.32 Å². The topological polar surface area (TPSA) is 41.5 Å². The minimum absolute atomic E-state index is 0.157. The molecule has 3 heteroatoms. The van der Waals surface area contributed by atoms with Crippen LogP contribution in [0.4, 0.5) is 0 Å². The molecule has 1 rings (SSSR count). The zero-order valence-electron chi connectivity index (χ0n) is 7.97. The zero-order chi connectivity index (χ0) is 9.03. The van der Waals surface area contributed by atoms with Crippen molar-refractivity contribution in [2.45, 2.75) is 25.8 Å². The molecule has 72 valence electrons. The summed E-state index contributed by atoms with van der Waals surface area (Å²) in [5.41, 5.74) is -0.212. The van der Waals surface area contributed by atoms with Crippen molar-refractivity contribution < 1.29 is 9.84 Å². The predicted molar refractivity (Wildman–Crippen MR) is 48.1 cm³/mol. The molecule has 0 radical (unpaired) electrons. The van der Waals surface area contributed by atoms with Crippen LogP contribution in [0, 0.1) is 5.92 Å². The predicted octanol–water partition coefficient (Wildman–Crippen LogP) is 0.383. The summed E-state index contributed by atoms with van der Waals surface area (Å²) in [5, 5.41) is 12.7. The highest BCUT2D eigenvalue weighted by Crippen LogP contribution is 2.18. The molecule has 1 fully saturated rings. The van der Waals surface area contributed by atoms with E-state index in [2.05, 4.69) is 19.2 Å². The SMILES string of the molecule is CC(C)C1(CO)COCCCN1. The lowest BCUT2D eigenvalue weighted by atomic mass is 9.88. The van der Waals surface area contributed by atoms with Gasteiger partial charge in [0.15, 0.2) is 0 Å². The van der Waals surface area contributed by atoms with E-state index in [4.69, 9.17) is 4.74 Å². The fraction of sp³-hybridized carbons (Fsp3) is 1.00. The third-order valence-corrected chi connectivity index (χ3v) is 2.69. The number of hydrogen-bond donors (Lipinski definition) is 2. The fourth-order valence-corrected chi connectivity index (χ4v) is 1.47. The molecule has 2 N–H and O–H groups in total. The largest absolute Gasteiger partial charge is 0.394 e. The van der Waals surface area contributed by atoms with Crippen LogP contribution in [0.5, 0.6) is 0 Å². The summed E-state index contributed by atoms with van der Waals surface area (Å²) in [6, 6.07) is 0. The number of aliphatic hydroxyl groups is 1. The Balaban J connectivity index is 2.61. The third kappa shape index (κ3) is 1.97. The Morgan fingerprint density at radius 1 is 1.58 bits per heavy atom. The van der Waals surface area contributed by atoms with E-state index in [1.54, 1.807) is 0 Å². The van der Waals surface area contributed by atoms with Crippen LogP contribution >= 0.6 is 0 Å². The van der Waals surface area contributed by atoms with E-state index in [-0.39, 0.29) is 12.1 Å². The van der Waals surface area contributed by atoms with E-state index in [9.17, 15) is 5.11 Å². The molecule has 0 aromatic rings. The summed E-state index contributed by atoms with van der Waals surface area (Å²) in [7, 11) is 0. The minimum Gasteiger partial charge on any atom is -0.394 e. The van der Waals surface area contributed by atoms with Gasteiger partial charge in [0, 0.05) is 6.61 Å². The van der Waals surface area contributed by atoms with Crippen molar-refractivity contribution in [2.24, 2.45) is 5.92 Å². The fourth-order valence-electron chi connectivity index (χ4n) is 1.47. The lowest BCUT2D eigenvalue weighted by Gasteiger charge is -2.35. The maximum atomic E-state index is 9.29. The first kappa shape index (κ1) is 9.96. The monoisotopic (exact) mass is 173 g/mol. The van der Waals surface area contributed by atoms with Gasteiger partial charge in [-0.1, -0.05) is 13.8 Å². The highest BCUT2D eigenvalue weighted by Gasteiger charge is 2.33. The summed E-state index contributed by atoms with van der Waals surface area (Å²) in [5.74, 6) is 0.403. The van der Waals surface area contributed by atoms with Crippen molar-refractivity contribution in [3.63, 3.8) is 0 Å². The second kappa shape index (κ2) is 4.21. The lowest BCUT2D eigenvalue weighted by Crippen LogP contribution is -2.55. The molecule has 1 heterocycles. The maximum Gasteiger partial charge on any atom is 0.0674 e. The second-order valence-electron chi connectivity index (χ2n) is 3.80. The smallest absolute Gasteiger partial charge is 0.0674 e. The van der Waals surface area contributed by atoms with Crippen molar-refractivity contribution in [1.29, 1.82) is 0 Å². The van der Waals surface area contributed by atoms with Crippen molar-refractivity contribution >= 4 is 0 Å². The van der Waals surface area contributed by atoms with E-state index < -0.39 is 0 Å². The van der Waals surface area contributed by atoms with Crippen LogP contribution in [0.15, 0.2) is 0 Å². The Hall–Kier alpha value is -0.120. The van der Waals surface area contributed by atoms with Crippen molar-refractivity contribution in [2.75, 3.05) is 26.4 Å². The van der Waals surface area contributed by atoms with Gasteiger partial charge < -0.3 is 15.2 Å². The Morgan fingerprint density at radius 2 is 2.33 bits per heavy atom. The highest BCUT2D eigenvalue weighted by atomic mass is 16.5. The van der Waals surface area contributed by atoms with Crippen LogP contribution in [0.1, 0.15) is 20.3 Å². The van der Waals surface area contributed by atoms with Gasteiger partial charge in [-0.25, -0.2) is 0 Å². The zero-order valence-corrected chi connectivity index (χ0v) is 7.97. The minimum atomic E-state index is -0.212. The first-order chi connectivity index (χ1) is 5.71. The molecule has 1 saturated heterocycles. The molecule has 12 heavy (non-hydrogen) atoms. The maximum absolute atomic E-state index is 9.29. The third-order valence-electron chi connectivity index (χ3n) is 2.69. The first-order valence-electron chi connectivity index (χ1n) is 4.65. The molecule has 0 spiro atoms. The Morgan fingerprint density at radius 3 is 2.92 bits per heavy atom. The normalized spacial score (nSPS) is 32.0. The van der Waals surface area contributed by atoms with Gasteiger partial charge in [0.2, 0.25) is 0 Å². The van der Waals surface area contributed by atoms with Gasteiger partial charge in [0.25, 0.3) is 0 Å². The van der Waals surface area contributed by atoms with Crippen LogP contribution in [0.2, 0.25) is 0 Å². The molecule has 0 bridgehead atoms. The van der Waals surface area contributed by atoms with E-state index in [0.29, 0.717) is 12.5 Å². The Bertz CT molecular complexity index is 128. The van der Waals surface area contributed by atoms with Gasteiger partial charge in [-0.15, -0.1) is 0 Å². The van der Waals surface area contributed by atoms with Crippen LogP contribution in [0.25, 0.3) is 0 Å². The van der Waals surface area contributed by atoms with Gasteiger partial charge in [0.1, 0.15) is 0 Å². The van der Waals surface area contributed by atoms with Gasteiger partial charge in [0.05, 0.1) is 18.8 Å². The molecule has 1 aliphatic rings. The summed E-state index contributed by atoms with van der Waals surface area (Å²) in [4.78, 5) is 0. The molecule has 0 aliphatic carbocycles. The summed E-state index contributed by atoms with van der Waals surface area (Å²) < 4.78 is 5.44. The van der Waals surface area contributed by atoms with Crippen LogP contribution in [-0.2, 0) is 4.74 Å². The number of rotatable bonds is 2. The van der Waals surface area contributed by atoms with Gasteiger partial charge in [-0.05, 0) is 18.9 Å². The molecular weight excluding hydrogens is 154 g/mol. The second-order valence-corrected chi connectivity index (χ2v) is 3.80. The van der Waals surface area contributed by atoms with Crippen molar-refractivity contribution in [3.05, 3.63) is 0 Å². The molecule has 1 unspecified atom stereocenters. The number of nitrogens with one attached hydrogen (secondary N) is 1. The van der Waals surface area contributed by atoms with E-state index >= 15 is 0 Å². The van der Waals surface area contributed by atoms with Gasteiger partial charge in [-0.2, -0.15) is 0 Å². The molecule has 0 amide bonds. The molecule has 1 atom stereocenters. The quantitative estimate of drug-likeness (QED) is 0.634. The standard InChI is InChI=1S/C9H19NO2/c1-8(2)9(6-11)7-12-5-3-4-10-9/h8,10-11H,3-7H2,1-2H3. The van der Waals surface area contributed by atoms with Crippen LogP contribution < -0.4 is 5.32 Å². The average molecular weight is 173 g/mol. The highest BCUT2D eigenvalue weighted by molar-refractivity contribution is 4.91. The Kier molecular flexibility index (Phi) is 3.50. The van der Waals surface area contributed by atoms with E-state index in [1.807, 2.05) is 0 Å². The molecule has 0 aromatic carbocycles. The van der Waals surface area contributed by atoms with Crippen LogP contribution in [0.3, 0.4) is 0 Å². The lowest BCUT2D eigenvalue weighted by molar-refractivity contribution is 0.0314. The first-order valence-corrected chi connectivity index (χ1v) is 4.65. The average Bonchev–Trinajstić information content (AvgIpc) is 2.29. The van der Waals surface area contributed by atoms with Crippen molar-refractivity contribution in [3.8, 4) is 0 Å². The molecule has 0 saturated carbocycles. The molecule has 3 nitrogen and oxygen atoms in total. The van der Waals surface area contributed by atoms with Crippen LogP contribution in [-0.4, -0.2) is 37.0 Å². The number of hydrogen-bond acceptors (Lipinski definition) is 3.